The molecule has 1 rings (SSSR count). The van der Waals surface area contributed by atoms with Gasteiger partial charge in [0.15, 0.2) is 0 Å². The summed E-state index contributed by atoms with van der Waals surface area (Å²) in [5.41, 5.74) is 4.83. The molecule has 0 radical (unpaired) electrons. The van der Waals surface area contributed by atoms with Crippen LogP contribution in [-0.2, 0) is 14.3 Å². The lowest BCUT2D eigenvalue weighted by atomic mass is 9.93. The van der Waals surface area contributed by atoms with Gasteiger partial charge in [-0.15, -0.1) is 0 Å². The lowest BCUT2D eigenvalue weighted by molar-refractivity contribution is -0.125. The van der Waals surface area contributed by atoms with Crippen LogP contribution in [-0.4, -0.2) is 43.9 Å². The first kappa shape index (κ1) is 15.4. The van der Waals surface area contributed by atoms with Gasteiger partial charge in [-0.05, 0) is 33.1 Å². The zero-order valence-corrected chi connectivity index (χ0v) is 11.7. The highest BCUT2D eigenvalue weighted by Gasteiger charge is 2.38. The summed E-state index contributed by atoms with van der Waals surface area (Å²) in [4.78, 5) is 11.6. The van der Waals surface area contributed by atoms with E-state index in [1.54, 1.807) is 7.11 Å². The van der Waals surface area contributed by atoms with Gasteiger partial charge in [0, 0.05) is 32.8 Å². The van der Waals surface area contributed by atoms with Gasteiger partial charge in [0.05, 0.1) is 11.6 Å². The second-order valence-corrected chi connectivity index (χ2v) is 5.35. The van der Waals surface area contributed by atoms with E-state index in [9.17, 15) is 4.79 Å². The average Bonchev–Trinajstić information content (AvgIpc) is 3.07. The first-order valence-corrected chi connectivity index (χ1v) is 6.66. The molecule has 1 aliphatic carbocycles. The molecule has 5 heteroatoms. The predicted octanol–water partition coefficient (Wildman–Crippen LogP) is 0.814. The quantitative estimate of drug-likeness (QED) is 0.569. The van der Waals surface area contributed by atoms with Crippen LogP contribution < -0.4 is 11.1 Å². The highest BCUT2D eigenvalue weighted by molar-refractivity contribution is 5.84. The minimum absolute atomic E-state index is 0.00519. The first-order valence-electron chi connectivity index (χ1n) is 6.66. The monoisotopic (exact) mass is 258 g/mol. The number of nitrogens with one attached hydrogen (secondary N) is 1. The fraction of sp³-hybridized carbons (Fsp3) is 0.923. The molecule has 0 aromatic carbocycles. The SMILES string of the molecule is COCCCOC(C)CC(C)(NC1CC1)C(N)=O. The molecule has 0 heterocycles. The van der Waals surface area contributed by atoms with Crippen LogP contribution in [0.25, 0.3) is 0 Å². The van der Waals surface area contributed by atoms with Crippen molar-refractivity contribution in [2.24, 2.45) is 5.73 Å². The van der Waals surface area contributed by atoms with E-state index in [1.807, 2.05) is 13.8 Å². The summed E-state index contributed by atoms with van der Waals surface area (Å²) >= 11 is 0. The van der Waals surface area contributed by atoms with E-state index in [-0.39, 0.29) is 12.0 Å². The van der Waals surface area contributed by atoms with Gasteiger partial charge in [0.2, 0.25) is 5.91 Å². The van der Waals surface area contributed by atoms with E-state index in [0.717, 1.165) is 19.3 Å². The third kappa shape index (κ3) is 5.33. The Labute approximate surface area is 109 Å². The normalized spacial score (nSPS) is 20.4. The van der Waals surface area contributed by atoms with Gasteiger partial charge in [0.25, 0.3) is 0 Å². The number of rotatable bonds is 10. The third-order valence-corrected chi connectivity index (χ3v) is 3.23. The fourth-order valence-electron chi connectivity index (χ4n) is 2.03. The number of amides is 1. The second-order valence-electron chi connectivity index (χ2n) is 5.35. The smallest absolute Gasteiger partial charge is 0.237 e. The topological polar surface area (TPSA) is 73.6 Å². The highest BCUT2D eigenvalue weighted by atomic mass is 16.5. The minimum Gasteiger partial charge on any atom is -0.385 e. The van der Waals surface area contributed by atoms with Crippen LogP contribution in [0.15, 0.2) is 0 Å². The summed E-state index contributed by atoms with van der Waals surface area (Å²) in [6.45, 7) is 5.18. The molecule has 0 saturated heterocycles. The van der Waals surface area contributed by atoms with Gasteiger partial charge in [0.1, 0.15) is 0 Å². The maximum Gasteiger partial charge on any atom is 0.237 e. The van der Waals surface area contributed by atoms with Crippen LogP contribution in [0.5, 0.6) is 0 Å². The Morgan fingerprint density at radius 1 is 1.50 bits per heavy atom. The number of nitrogens with two attached hydrogens (primary N) is 1. The van der Waals surface area contributed by atoms with Crippen molar-refractivity contribution in [2.75, 3.05) is 20.3 Å². The van der Waals surface area contributed by atoms with Gasteiger partial charge < -0.3 is 20.5 Å². The van der Waals surface area contributed by atoms with Gasteiger partial charge in [-0.3, -0.25) is 4.79 Å². The number of carbonyl (C=O) groups excluding carboxylic acids is 1. The first-order chi connectivity index (χ1) is 8.48. The fourth-order valence-corrected chi connectivity index (χ4v) is 2.03. The predicted molar refractivity (Wildman–Crippen MR) is 70.3 cm³/mol. The Balaban J connectivity index is 2.32. The molecule has 5 nitrogen and oxygen atoms in total. The number of primary amides is 1. The van der Waals surface area contributed by atoms with Gasteiger partial charge >= 0.3 is 0 Å². The van der Waals surface area contributed by atoms with Crippen LogP contribution in [0.3, 0.4) is 0 Å². The molecule has 1 aliphatic rings. The Bertz CT molecular complexity index is 269. The van der Waals surface area contributed by atoms with Crippen molar-refractivity contribution in [1.29, 1.82) is 0 Å². The lowest BCUT2D eigenvalue weighted by Gasteiger charge is -2.30. The molecule has 106 valence electrons. The van der Waals surface area contributed by atoms with Crippen LogP contribution in [0.1, 0.15) is 39.5 Å². The van der Waals surface area contributed by atoms with Gasteiger partial charge in [-0.25, -0.2) is 0 Å². The standard InChI is InChI=1S/C13H26N2O3/c1-10(18-8-4-7-17-3)9-13(2,12(14)16)15-11-5-6-11/h10-11,15H,4-9H2,1-3H3,(H2,14,16). The number of methoxy groups -OCH3 is 1. The highest BCUT2D eigenvalue weighted by Crippen LogP contribution is 2.25. The minimum atomic E-state index is -0.665. The van der Waals surface area contributed by atoms with Gasteiger partial charge in [-0.1, -0.05) is 0 Å². The van der Waals surface area contributed by atoms with Crippen molar-refractivity contribution >= 4 is 5.91 Å². The van der Waals surface area contributed by atoms with E-state index in [4.69, 9.17) is 15.2 Å². The largest absolute Gasteiger partial charge is 0.385 e. The number of ether oxygens (including phenoxy) is 2. The van der Waals surface area contributed by atoms with E-state index in [2.05, 4.69) is 5.32 Å². The average molecular weight is 258 g/mol. The van der Waals surface area contributed by atoms with Crippen molar-refractivity contribution < 1.29 is 14.3 Å². The van der Waals surface area contributed by atoms with Crippen LogP contribution in [0.4, 0.5) is 0 Å². The molecule has 1 fully saturated rings. The van der Waals surface area contributed by atoms with Crippen molar-refractivity contribution in [3.05, 3.63) is 0 Å². The summed E-state index contributed by atoms with van der Waals surface area (Å²) in [6.07, 6.45) is 3.74. The molecule has 0 bridgehead atoms. The zero-order valence-electron chi connectivity index (χ0n) is 11.7. The number of hydrogen-bond donors (Lipinski definition) is 2. The molecular weight excluding hydrogens is 232 g/mol. The van der Waals surface area contributed by atoms with Crippen LogP contribution >= 0.6 is 0 Å². The van der Waals surface area contributed by atoms with Crippen molar-refractivity contribution in [1.82, 2.24) is 5.32 Å². The second kappa shape index (κ2) is 7.07. The Morgan fingerprint density at radius 3 is 2.67 bits per heavy atom. The van der Waals surface area contributed by atoms with Gasteiger partial charge in [-0.2, -0.15) is 0 Å². The Hall–Kier alpha value is -0.650. The molecule has 0 spiro atoms. The molecule has 1 saturated carbocycles. The number of carbonyl (C=O) groups is 1. The summed E-state index contributed by atoms with van der Waals surface area (Å²) in [7, 11) is 1.67. The molecule has 0 aromatic heterocycles. The van der Waals surface area contributed by atoms with Crippen molar-refractivity contribution in [2.45, 2.75) is 57.2 Å². The van der Waals surface area contributed by atoms with Crippen LogP contribution in [0, 0.1) is 0 Å². The Kier molecular flexibility index (Phi) is 6.05. The molecule has 2 atom stereocenters. The molecule has 18 heavy (non-hydrogen) atoms. The third-order valence-electron chi connectivity index (χ3n) is 3.23. The summed E-state index contributed by atoms with van der Waals surface area (Å²) in [5.74, 6) is -0.304. The zero-order chi connectivity index (χ0) is 13.6. The van der Waals surface area contributed by atoms with Crippen LogP contribution in [0.2, 0.25) is 0 Å². The van der Waals surface area contributed by atoms with E-state index < -0.39 is 5.54 Å². The summed E-state index contributed by atoms with van der Waals surface area (Å²) < 4.78 is 10.6. The maximum atomic E-state index is 11.6. The maximum absolute atomic E-state index is 11.6. The van der Waals surface area contributed by atoms with E-state index >= 15 is 0 Å². The molecule has 0 aromatic rings. The summed E-state index contributed by atoms with van der Waals surface area (Å²) in [5, 5.41) is 3.32. The Morgan fingerprint density at radius 2 is 2.17 bits per heavy atom. The molecule has 3 N–H and O–H groups in total. The lowest BCUT2D eigenvalue weighted by Crippen LogP contribution is -2.55. The van der Waals surface area contributed by atoms with Crippen molar-refractivity contribution in [3.8, 4) is 0 Å². The molecular formula is C13H26N2O3. The molecule has 2 unspecified atom stereocenters. The van der Waals surface area contributed by atoms with E-state index in [0.29, 0.717) is 25.7 Å². The van der Waals surface area contributed by atoms with Crippen molar-refractivity contribution in [3.63, 3.8) is 0 Å². The summed E-state index contributed by atoms with van der Waals surface area (Å²) in [6, 6.07) is 0.447. The number of hydrogen-bond acceptors (Lipinski definition) is 4. The molecule has 0 aliphatic heterocycles. The van der Waals surface area contributed by atoms with E-state index in [1.165, 1.54) is 0 Å². The molecule has 1 amide bonds.